The van der Waals surface area contributed by atoms with Gasteiger partial charge in [-0.25, -0.2) is 19.9 Å². The van der Waals surface area contributed by atoms with Crippen LogP contribution in [0.1, 0.15) is 30.5 Å². The fourth-order valence-corrected chi connectivity index (χ4v) is 7.38. The Balaban J connectivity index is 1.22. The van der Waals surface area contributed by atoms with E-state index in [1.165, 1.54) is 22.3 Å². The zero-order valence-corrected chi connectivity index (χ0v) is 29.3. The summed E-state index contributed by atoms with van der Waals surface area (Å²) in [5.41, 5.74) is 14.8. The smallest absolute Gasteiger partial charge is 0.160 e. The molecule has 250 valence electrons. The van der Waals surface area contributed by atoms with Crippen LogP contribution in [0.3, 0.4) is 0 Å². The minimum atomic E-state index is -0.267. The maximum absolute atomic E-state index is 9.66. The lowest BCUT2D eigenvalue weighted by Gasteiger charge is -2.22. The highest BCUT2D eigenvalue weighted by Gasteiger charge is 2.36. The van der Waals surface area contributed by atoms with Crippen LogP contribution >= 0.6 is 0 Å². The quantitative estimate of drug-likeness (QED) is 0.175. The summed E-state index contributed by atoms with van der Waals surface area (Å²) >= 11 is 0. The molecule has 0 bridgehead atoms. The van der Waals surface area contributed by atoms with Crippen LogP contribution < -0.4 is 0 Å². The largest absolute Gasteiger partial charge is 0.236 e. The van der Waals surface area contributed by atoms with E-state index in [0.29, 0.717) is 17.2 Å². The highest BCUT2D eigenvalue weighted by molar-refractivity contribution is 5.87. The molecule has 0 atom stereocenters. The summed E-state index contributed by atoms with van der Waals surface area (Å²) in [7, 11) is 0. The van der Waals surface area contributed by atoms with Gasteiger partial charge in [0.05, 0.1) is 23.0 Å². The number of fused-ring (bicyclic) bond motifs is 3. The summed E-state index contributed by atoms with van der Waals surface area (Å²) in [6, 6.07) is 54.2. The topological polar surface area (TPSA) is 75.3 Å². The highest BCUT2D eigenvalue weighted by Crippen LogP contribution is 2.50. The predicted molar refractivity (Wildman–Crippen MR) is 213 cm³/mol. The van der Waals surface area contributed by atoms with Crippen molar-refractivity contribution in [2.75, 3.05) is 0 Å². The van der Waals surface area contributed by atoms with Gasteiger partial charge in [0.1, 0.15) is 0 Å². The number of aromatic nitrogens is 4. The van der Waals surface area contributed by atoms with Gasteiger partial charge in [0.15, 0.2) is 11.6 Å². The molecule has 0 spiro atoms. The van der Waals surface area contributed by atoms with Gasteiger partial charge in [-0.1, -0.05) is 123 Å². The molecule has 1 aliphatic carbocycles. The molecule has 5 nitrogen and oxygen atoms in total. The van der Waals surface area contributed by atoms with Gasteiger partial charge in [-0.2, -0.15) is 5.26 Å². The zero-order chi connectivity index (χ0) is 35.9. The molecule has 0 radical (unpaired) electrons. The van der Waals surface area contributed by atoms with Crippen LogP contribution in [0, 0.1) is 11.3 Å². The highest BCUT2D eigenvalue weighted by atomic mass is 14.9. The fourth-order valence-electron chi connectivity index (χ4n) is 7.38. The Hall–Kier alpha value is -7.03. The van der Waals surface area contributed by atoms with Crippen LogP contribution in [-0.2, 0) is 5.41 Å². The summed E-state index contributed by atoms with van der Waals surface area (Å²) in [6.45, 7) is 4.49. The number of hydrogen-bond donors (Lipinski definition) is 0. The van der Waals surface area contributed by atoms with Gasteiger partial charge in [0.2, 0.25) is 0 Å². The van der Waals surface area contributed by atoms with E-state index in [0.717, 1.165) is 55.9 Å². The summed E-state index contributed by atoms with van der Waals surface area (Å²) in [6.07, 6.45) is 3.80. The maximum Gasteiger partial charge on any atom is 0.160 e. The normalized spacial score (nSPS) is 12.5. The Morgan fingerprint density at radius 1 is 0.434 bits per heavy atom. The third-order valence-corrected chi connectivity index (χ3v) is 10.2. The summed E-state index contributed by atoms with van der Waals surface area (Å²) < 4.78 is 0. The lowest BCUT2D eigenvalue weighted by molar-refractivity contribution is 0.660. The first-order chi connectivity index (χ1) is 25.9. The van der Waals surface area contributed by atoms with E-state index in [-0.39, 0.29) is 5.41 Å². The molecule has 0 aliphatic heterocycles. The number of nitrogens with zero attached hydrogens (tertiary/aromatic N) is 5. The Morgan fingerprint density at radius 3 is 1.57 bits per heavy atom. The van der Waals surface area contributed by atoms with E-state index in [1.807, 2.05) is 103 Å². The van der Waals surface area contributed by atoms with E-state index in [9.17, 15) is 5.26 Å². The van der Waals surface area contributed by atoms with Crippen molar-refractivity contribution in [2.45, 2.75) is 19.3 Å². The molecule has 6 aromatic carbocycles. The van der Waals surface area contributed by atoms with Crippen molar-refractivity contribution < 1.29 is 0 Å². The van der Waals surface area contributed by atoms with Gasteiger partial charge in [0, 0.05) is 45.6 Å². The third kappa shape index (κ3) is 5.87. The first-order valence-electron chi connectivity index (χ1n) is 17.7. The SMILES string of the molecule is CC1(C)c2cc(C#N)ccc2-c2ccc(-c3cc(-c4cnc(-c5ccccc5)nc4)cc(-c4cc(-c5ccccc5)nc(-c5ccccc5)n4)c3)cc21. The molecule has 53 heavy (non-hydrogen) atoms. The van der Waals surface area contributed by atoms with Gasteiger partial charge >= 0.3 is 0 Å². The molecule has 2 heterocycles. The van der Waals surface area contributed by atoms with E-state index in [1.54, 1.807) is 0 Å². The number of hydrogen-bond acceptors (Lipinski definition) is 5. The second-order valence-electron chi connectivity index (χ2n) is 13.9. The molecule has 5 heteroatoms. The maximum atomic E-state index is 9.66. The minimum absolute atomic E-state index is 0.267. The Bertz CT molecular complexity index is 2620. The molecule has 0 amide bonds. The summed E-state index contributed by atoms with van der Waals surface area (Å²) in [5, 5.41) is 9.66. The molecule has 9 rings (SSSR count). The van der Waals surface area contributed by atoms with Crippen molar-refractivity contribution in [3.8, 4) is 84.7 Å². The standard InChI is InChI=1S/C48H33N5/c1-48(2)42-22-31(28-49)18-20-40(42)41-21-19-35(26-43(41)48)36-23-37(39-29-50-46(51-30-39)33-14-8-4-9-15-33)25-38(24-36)45-27-44(32-12-6-3-7-13-32)52-47(53-45)34-16-10-5-11-17-34/h3-27,29-30H,1-2H3. The van der Waals surface area contributed by atoms with Gasteiger partial charge < -0.3 is 0 Å². The molecule has 0 unspecified atom stereocenters. The van der Waals surface area contributed by atoms with E-state index < -0.39 is 0 Å². The number of benzene rings is 6. The van der Waals surface area contributed by atoms with Crippen LogP contribution in [0.5, 0.6) is 0 Å². The Labute approximate surface area is 309 Å². The van der Waals surface area contributed by atoms with Crippen molar-refractivity contribution in [1.82, 2.24) is 19.9 Å². The van der Waals surface area contributed by atoms with Gasteiger partial charge in [0.25, 0.3) is 0 Å². The predicted octanol–water partition coefficient (Wildman–Crippen LogP) is 11.4. The van der Waals surface area contributed by atoms with E-state index in [2.05, 4.69) is 80.6 Å². The lowest BCUT2D eigenvalue weighted by Crippen LogP contribution is -2.15. The van der Waals surface area contributed by atoms with Crippen LogP contribution in [0.15, 0.2) is 164 Å². The summed E-state index contributed by atoms with van der Waals surface area (Å²) in [4.78, 5) is 19.8. The van der Waals surface area contributed by atoms with E-state index >= 15 is 0 Å². The summed E-state index contributed by atoms with van der Waals surface area (Å²) in [5.74, 6) is 1.35. The first-order valence-corrected chi connectivity index (χ1v) is 17.7. The molecule has 0 saturated heterocycles. The van der Waals surface area contributed by atoms with Crippen molar-refractivity contribution in [1.29, 1.82) is 5.26 Å². The molecule has 1 aliphatic rings. The van der Waals surface area contributed by atoms with Gasteiger partial charge in [-0.3, -0.25) is 0 Å². The van der Waals surface area contributed by atoms with Crippen LogP contribution in [0.25, 0.3) is 78.7 Å². The van der Waals surface area contributed by atoms with Gasteiger partial charge in [-0.05, 0) is 81.4 Å². The monoisotopic (exact) mass is 679 g/mol. The average Bonchev–Trinajstić information content (AvgIpc) is 3.46. The molecule has 0 fully saturated rings. The zero-order valence-electron chi connectivity index (χ0n) is 29.3. The average molecular weight is 680 g/mol. The Morgan fingerprint density at radius 2 is 0.943 bits per heavy atom. The molecule has 0 saturated carbocycles. The first kappa shape index (κ1) is 31.9. The molecule has 8 aromatic rings. The van der Waals surface area contributed by atoms with E-state index in [4.69, 9.17) is 19.9 Å². The number of nitriles is 1. The van der Waals surface area contributed by atoms with Crippen LogP contribution in [-0.4, -0.2) is 19.9 Å². The molecular formula is C48H33N5. The number of rotatable bonds is 6. The van der Waals surface area contributed by atoms with Gasteiger partial charge in [-0.15, -0.1) is 0 Å². The fraction of sp³-hybridized carbons (Fsp3) is 0.0625. The molecular weight excluding hydrogens is 647 g/mol. The van der Waals surface area contributed by atoms with Crippen molar-refractivity contribution in [3.05, 3.63) is 181 Å². The van der Waals surface area contributed by atoms with Crippen molar-refractivity contribution in [3.63, 3.8) is 0 Å². The lowest BCUT2D eigenvalue weighted by atomic mass is 9.81. The second-order valence-corrected chi connectivity index (χ2v) is 13.9. The van der Waals surface area contributed by atoms with Crippen LogP contribution in [0.4, 0.5) is 0 Å². The van der Waals surface area contributed by atoms with Crippen LogP contribution in [0.2, 0.25) is 0 Å². The molecule has 2 aromatic heterocycles. The third-order valence-electron chi connectivity index (χ3n) is 10.2. The molecule has 0 N–H and O–H groups in total. The second kappa shape index (κ2) is 12.9. The minimum Gasteiger partial charge on any atom is -0.236 e. The van der Waals surface area contributed by atoms with Crippen molar-refractivity contribution in [2.24, 2.45) is 0 Å². The Kier molecular flexibility index (Phi) is 7.79. The van der Waals surface area contributed by atoms with Crippen molar-refractivity contribution >= 4 is 0 Å².